The molecule has 1 fully saturated rings. The fourth-order valence-corrected chi connectivity index (χ4v) is 3.12. The lowest BCUT2D eigenvalue weighted by Gasteiger charge is -2.34. The van der Waals surface area contributed by atoms with Crippen molar-refractivity contribution in [2.75, 3.05) is 57.4 Å². The summed E-state index contributed by atoms with van der Waals surface area (Å²) in [6.45, 7) is 16.8. The van der Waals surface area contributed by atoms with Crippen molar-refractivity contribution in [3.63, 3.8) is 0 Å². The number of nitrogens with zero attached hydrogens (tertiary/aromatic N) is 4. The summed E-state index contributed by atoms with van der Waals surface area (Å²) >= 11 is 0. The molecule has 0 spiro atoms. The zero-order valence-electron chi connectivity index (χ0n) is 17.8. The monoisotopic (exact) mass is 379 g/mol. The van der Waals surface area contributed by atoms with Crippen LogP contribution >= 0.6 is 0 Å². The van der Waals surface area contributed by atoms with E-state index in [-0.39, 0.29) is 1.43 Å². The fraction of sp³-hybridized carbons (Fsp3) is 0.810. The molecule has 0 amide bonds. The third kappa shape index (κ3) is 8.11. The van der Waals surface area contributed by atoms with Crippen molar-refractivity contribution in [3.8, 4) is 0 Å². The van der Waals surface area contributed by atoms with E-state index in [1.54, 1.807) is 0 Å². The van der Waals surface area contributed by atoms with Crippen LogP contribution in [0.2, 0.25) is 0 Å². The first-order chi connectivity index (χ1) is 13.1. The first kappa shape index (κ1) is 22.1. The predicted octanol–water partition coefficient (Wildman–Crippen LogP) is 3.15. The van der Waals surface area contributed by atoms with Crippen LogP contribution in [0.5, 0.6) is 0 Å². The lowest BCUT2D eigenvalue weighted by atomic mass is 10.1. The summed E-state index contributed by atoms with van der Waals surface area (Å²) in [6.07, 6.45) is 7.32. The molecule has 1 aromatic rings. The maximum Gasteiger partial charge on any atom is 0.225 e. The Hall–Kier alpha value is -1.24. The van der Waals surface area contributed by atoms with Crippen molar-refractivity contribution in [2.45, 2.75) is 58.9 Å². The molecule has 1 unspecified atom stereocenters. The Labute approximate surface area is 167 Å². The zero-order valence-corrected chi connectivity index (χ0v) is 17.8. The van der Waals surface area contributed by atoms with Gasteiger partial charge in [-0.25, -0.2) is 9.97 Å². The van der Waals surface area contributed by atoms with E-state index >= 15 is 0 Å². The number of aromatic nitrogens is 2. The molecule has 6 nitrogen and oxygen atoms in total. The van der Waals surface area contributed by atoms with Gasteiger partial charge in [0.15, 0.2) is 0 Å². The zero-order chi connectivity index (χ0) is 19.5. The maximum atomic E-state index is 5.76. The largest absolute Gasteiger partial charge is 0.381 e. The molecule has 2 heterocycles. The van der Waals surface area contributed by atoms with E-state index in [4.69, 9.17) is 4.74 Å². The van der Waals surface area contributed by atoms with Gasteiger partial charge in [0, 0.05) is 65.8 Å². The lowest BCUT2D eigenvalue weighted by Crippen LogP contribution is -2.47. The summed E-state index contributed by atoms with van der Waals surface area (Å²) in [4.78, 5) is 13.9. The summed E-state index contributed by atoms with van der Waals surface area (Å²) in [5.74, 6) is 1.35. The number of nitrogens with one attached hydrogen (secondary N) is 1. The number of hydrogen-bond donors (Lipinski definition) is 1. The van der Waals surface area contributed by atoms with Gasteiger partial charge in [-0.15, -0.1) is 0 Å². The molecule has 156 valence electrons. The molecule has 1 aliphatic rings. The van der Waals surface area contributed by atoms with E-state index in [2.05, 4.69) is 52.8 Å². The van der Waals surface area contributed by atoms with Crippen LogP contribution in [0.4, 0.5) is 5.95 Å². The van der Waals surface area contributed by atoms with E-state index in [1.807, 2.05) is 12.4 Å². The molecule has 1 aromatic heterocycles. The van der Waals surface area contributed by atoms with Gasteiger partial charge in [0.1, 0.15) is 0 Å². The second kappa shape index (κ2) is 12.3. The van der Waals surface area contributed by atoms with Crippen molar-refractivity contribution >= 4 is 5.95 Å². The second-order valence-corrected chi connectivity index (χ2v) is 7.88. The van der Waals surface area contributed by atoms with Gasteiger partial charge in [0.2, 0.25) is 5.95 Å². The van der Waals surface area contributed by atoms with Crippen molar-refractivity contribution in [2.24, 2.45) is 0 Å². The molecule has 0 bridgehead atoms. The molecule has 1 atom stereocenters. The Morgan fingerprint density at radius 3 is 2.37 bits per heavy atom. The van der Waals surface area contributed by atoms with Crippen LogP contribution in [0.15, 0.2) is 12.4 Å². The number of anilines is 1. The van der Waals surface area contributed by atoms with E-state index in [1.165, 1.54) is 12.0 Å². The van der Waals surface area contributed by atoms with Crippen LogP contribution in [-0.2, 0) is 4.74 Å². The van der Waals surface area contributed by atoms with Crippen LogP contribution in [0.1, 0.15) is 59.9 Å². The highest BCUT2D eigenvalue weighted by molar-refractivity contribution is 5.31. The van der Waals surface area contributed by atoms with Crippen LogP contribution in [-0.4, -0.2) is 73.4 Å². The number of ether oxygens (including phenoxy) is 1. The first-order valence-corrected chi connectivity index (χ1v) is 10.7. The first-order valence-electron chi connectivity index (χ1n) is 10.7. The van der Waals surface area contributed by atoms with Gasteiger partial charge in [-0.2, -0.15) is 0 Å². The molecule has 0 aromatic carbocycles. The summed E-state index contributed by atoms with van der Waals surface area (Å²) in [5.41, 5.74) is 1.20. The lowest BCUT2D eigenvalue weighted by molar-refractivity contribution is 0.117. The minimum atomic E-state index is 0. The van der Waals surface area contributed by atoms with E-state index in [0.717, 1.165) is 71.3 Å². The summed E-state index contributed by atoms with van der Waals surface area (Å²) in [7, 11) is 0. The molecule has 2 rings (SSSR count). The molecule has 1 N–H and O–H groups in total. The normalized spacial score (nSPS) is 16.9. The van der Waals surface area contributed by atoms with Gasteiger partial charge in [-0.1, -0.05) is 20.8 Å². The number of piperazine rings is 1. The Balaban J connectivity index is 0.00000392. The average molecular weight is 380 g/mol. The van der Waals surface area contributed by atoms with Crippen LogP contribution < -0.4 is 10.2 Å². The van der Waals surface area contributed by atoms with Gasteiger partial charge >= 0.3 is 0 Å². The van der Waals surface area contributed by atoms with Gasteiger partial charge in [0.25, 0.3) is 0 Å². The van der Waals surface area contributed by atoms with E-state index < -0.39 is 0 Å². The van der Waals surface area contributed by atoms with Gasteiger partial charge < -0.3 is 15.0 Å². The Morgan fingerprint density at radius 1 is 1.07 bits per heavy atom. The minimum Gasteiger partial charge on any atom is -0.381 e. The third-order valence-corrected chi connectivity index (χ3v) is 5.31. The molecule has 27 heavy (non-hydrogen) atoms. The van der Waals surface area contributed by atoms with Crippen molar-refractivity contribution in [1.29, 1.82) is 0 Å². The fourth-order valence-electron chi connectivity index (χ4n) is 3.12. The average Bonchev–Trinajstić information content (AvgIpc) is 2.70. The van der Waals surface area contributed by atoms with Crippen LogP contribution in [0, 0.1) is 0 Å². The number of hydrogen-bond acceptors (Lipinski definition) is 6. The Morgan fingerprint density at radius 2 is 1.74 bits per heavy atom. The maximum absolute atomic E-state index is 5.76. The molecule has 1 aliphatic heterocycles. The highest BCUT2D eigenvalue weighted by Crippen LogP contribution is 2.15. The molecule has 0 saturated carbocycles. The van der Waals surface area contributed by atoms with E-state index in [0.29, 0.717) is 12.0 Å². The van der Waals surface area contributed by atoms with Gasteiger partial charge in [-0.3, -0.25) is 4.90 Å². The highest BCUT2D eigenvalue weighted by atomic mass is 16.5. The predicted molar refractivity (Wildman–Crippen MR) is 115 cm³/mol. The molecule has 6 heteroatoms. The minimum absolute atomic E-state index is 0. The number of rotatable bonds is 12. The Bertz CT molecular complexity index is 506. The second-order valence-electron chi connectivity index (χ2n) is 7.88. The van der Waals surface area contributed by atoms with Gasteiger partial charge in [-0.05, 0) is 44.2 Å². The topological polar surface area (TPSA) is 53.5 Å². The summed E-state index contributed by atoms with van der Waals surface area (Å²) < 4.78 is 5.76. The molecule has 1 saturated heterocycles. The molecule has 0 radical (unpaired) electrons. The molecular weight excluding hydrogens is 338 g/mol. The Kier molecular flexibility index (Phi) is 10.0. The molecular formula is C21H41N5O. The van der Waals surface area contributed by atoms with Crippen LogP contribution in [0.25, 0.3) is 0 Å². The quantitative estimate of drug-likeness (QED) is 0.563. The standard InChI is InChI=1S/C21H39N5O.H2/c1-5-19(4)22-8-6-14-27-15-7-9-25-10-12-26(13-11-25)21-23-16-20(17-24-21)18(2)3;/h16-19,22H,5-15H2,1-4H3;1H. The van der Waals surface area contributed by atoms with Crippen LogP contribution in [0.3, 0.4) is 0 Å². The SMILES string of the molecule is CCC(C)NCCCOCCCN1CCN(c2ncc(C(C)C)cn2)CC1.[HH]. The van der Waals surface area contributed by atoms with Crippen molar-refractivity contribution in [3.05, 3.63) is 18.0 Å². The third-order valence-electron chi connectivity index (χ3n) is 5.31. The van der Waals surface area contributed by atoms with Crippen molar-refractivity contribution < 1.29 is 6.16 Å². The smallest absolute Gasteiger partial charge is 0.225 e. The summed E-state index contributed by atoms with van der Waals surface area (Å²) in [5, 5.41) is 3.50. The van der Waals surface area contributed by atoms with Crippen molar-refractivity contribution in [1.82, 2.24) is 20.2 Å². The van der Waals surface area contributed by atoms with E-state index in [9.17, 15) is 0 Å². The van der Waals surface area contributed by atoms with Gasteiger partial charge in [0.05, 0.1) is 0 Å². The molecule has 0 aliphatic carbocycles. The summed E-state index contributed by atoms with van der Waals surface area (Å²) in [6, 6.07) is 0.613. The highest BCUT2D eigenvalue weighted by Gasteiger charge is 2.18.